The lowest BCUT2D eigenvalue weighted by atomic mass is 9.50. The van der Waals surface area contributed by atoms with Crippen molar-refractivity contribution < 1.29 is 19.4 Å². The highest BCUT2D eigenvalue weighted by molar-refractivity contribution is 5.97. The van der Waals surface area contributed by atoms with Crippen molar-refractivity contribution in [1.29, 1.82) is 0 Å². The molecule has 1 aromatic heterocycles. The van der Waals surface area contributed by atoms with E-state index in [1.54, 1.807) is 12.3 Å². The molecule has 2 aromatic rings. The van der Waals surface area contributed by atoms with Crippen LogP contribution in [-0.4, -0.2) is 28.2 Å². The van der Waals surface area contributed by atoms with Crippen molar-refractivity contribution in [3.05, 3.63) is 72.0 Å². The first-order valence-corrected chi connectivity index (χ1v) is 13.3. The molecule has 0 spiro atoms. The Labute approximate surface area is 207 Å². The van der Waals surface area contributed by atoms with Crippen LogP contribution >= 0.6 is 0 Å². The summed E-state index contributed by atoms with van der Waals surface area (Å²) in [6.07, 6.45) is 14.3. The van der Waals surface area contributed by atoms with Gasteiger partial charge >= 0.3 is 0 Å². The van der Waals surface area contributed by atoms with Crippen LogP contribution < -0.4 is 0 Å². The maximum Gasteiger partial charge on any atom is 0.163 e. The molecule has 1 aromatic carbocycles. The van der Waals surface area contributed by atoms with E-state index in [4.69, 9.17) is 4.42 Å². The van der Waals surface area contributed by atoms with Crippen LogP contribution in [0.25, 0.3) is 11.3 Å². The number of allylic oxidation sites excluding steroid dienone is 1. The van der Waals surface area contributed by atoms with Gasteiger partial charge in [-0.1, -0.05) is 48.9 Å². The number of carbonyl (C=O) groups excluding carboxylic acids is 1. The molecule has 3 fully saturated rings. The zero-order chi connectivity index (χ0) is 24.2. The van der Waals surface area contributed by atoms with Gasteiger partial charge in [0.2, 0.25) is 0 Å². The zero-order valence-corrected chi connectivity index (χ0v) is 20.5. The highest BCUT2D eigenvalue weighted by Gasteiger charge is 2.61. The van der Waals surface area contributed by atoms with E-state index >= 15 is 0 Å². The molecular formula is C31H36O4. The highest BCUT2D eigenvalue weighted by atomic mass is 16.3. The fourth-order valence-electron chi connectivity index (χ4n) is 8.38. The second-order valence-electron chi connectivity index (χ2n) is 11.6. The summed E-state index contributed by atoms with van der Waals surface area (Å²) in [6.45, 7) is 2.25. The Bertz CT molecular complexity index is 1140. The average molecular weight is 473 g/mol. The van der Waals surface area contributed by atoms with E-state index in [-0.39, 0.29) is 23.7 Å². The molecule has 1 heterocycles. The van der Waals surface area contributed by atoms with E-state index in [0.717, 1.165) is 61.8 Å². The van der Waals surface area contributed by atoms with E-state index in [9.17, 15) is 15.0 Å². The molecule has 0 amide bonds. The predicted molar refractivity (Wildman–Crippen MR) is 136 cm³/mol. The third kappa shape index (κ3) is 3.60. The largest absolute Gasteiger partial charge is 0.464 e. The number of fused-ring (bicyclic) bond motifs is 5. The van der Waals surface area contributed by atoms with Crippen molar-refractivity contribution in [1.82, 2.24) is 0 Å². The normalized spacial score (nSPS) is 38.7. The predicted octanol–water partition coefficient (Wildman–Crippen LogP) is 6.06. The number of hydrogen-bond acceptors (Lipinski definition) is 4. The van der Waals surface area contributed by atoms with Gasteiger partial charge in [0, 0.05) is 16.9 Å². The molecule has 0 saturated heterocycles. The van der Waals surface area contributed by atoms with Gasteiger partial charge in [-0.3, -0.25) is 4.79 Å². The Hall–Kier alpha value is -2.43. The minimum absolute atomic E-state index is 0.0246. The molecule has 184 valence electrons. The SMILES string of the molecule is C[C@]12CC[C@H]3[C@@H](CCC4=CC(=O)C(c5ccc(-c6ccco6)cc5)C[C@@H]43)[C@@H]1CC[C@@]2(O)C=CCO. The van der Waals surface area contributed by atoms with E-state index in [1.165, 1.54) is 5.57 Å². The summed E-state index contributed by atoms with van der Waals surface area (Å²) < 4.78 is 5.52. The van der Waals surface area contributed by atoms with Gasteiger partial charge in [0.05, 0.1) is 18.5 Å². The molecule has 35 heavy (non-hydrogen) atoms. The van der Waals surface area contributed by atoms with Gasteiger partial charge in [0.15, 0.2) is 5.78 Å². The summed E-state index contributed by atoms with van der Waals surface area (Å²) in [5.74, 6) is 3.18. The Balaban J connectivity index is 1.24. The number of aliphatic hydroxyl groups excluding tert-OH is 1. The van der Waals surface area contributed by atoms with Crippen LogP contribution in [0.15, 0.2) is 70.9 Å². The van der Waals surface area contributed by atoms with E-state index < -0.39 is 5.60 Å². The van der Waals surface area contributed by atoms with Crippen LogP contribution in [0.1, 0.15) is 63.4 Å². The Morgan fingerprint density at radius 3 is 2.66 bits per heavy atom. The molecule has 7 atom stereocenters. The average Bonchev–Trinajstić information content (AvgIpc) is 3.49. The monoisotopic (exact) mass is 472 g/mol. The van der Waals surface area contributed by atoms with Crippen molar-refractivity contribution >= 4 is 5.78 Å². The highest BCUT2D eigenvalue weighted by Crippen LogP contribution is 2.65. The standard InChI is InChI=1S/C31H36O4/c1-30-14-11-23-24(27(30)12-15-31(30,34)13-3-16-32)10-9-22-18-28(33)26(19-25(22)23)20-5-7-21(8-6-20)29-4-2-17-35-29/h2-8,13,17-18,23-27,32,34H,9-12,14-16,19H2,1H3/t23-,24+,25-,26?,27-,30-,31-/m0/s1. The lowest BCUT2D eigenvalue weighted by Gasteiger charge is -2.55. The van der Waals surface area contributed by atoms with Crippen LogP contribution in [0.2, 0.25) is 0 Å². The van der Waals surface area contributed by atoms with Crippen LogP contribution in [0.3, 0.4) is 0 Å². The minimum atomic E-state index is -0.817. The molecule has 3 saturated carbocycles. The first-order valence-electron chi connectivity index (χ1n) is 13.3. The number of ketones is 1. The Morgan fingerprint density at radius 2 is 1.91 bits per heavy atom. The summed E-state index contributed by atoms with van der Waals surface area (Å²) in [5, 5.41) is 20.9. The third-order valence-corrected chi connectivity index (χ3v) is 10.2. The van der Waals surface area contributed by atoms with Crippen molar-refractivity contribution in [3.8, 4) is 11.3 Å². The molecule has 4 heteroatoms. The molecule has 0 aliphatic heterocycles. The molecule has 0 bridgehead atoms. The fraction of sp³-hybridized carbons (Fsp3) is 0.516. The number of hydrogen-bond donors (Lipinski definition) is 2. The molecule has 0 radical (unpaired) electrons. The van der Waals surface area contributed by atoms with Crippen LogP contribution in [0, 0.1) is 29.1 Å². The number of furan rings is 1. The topological polar surface area (TPSA) is 70.7 Å². The van der Waals surface area contributed by atoms with Crippen LogP contribution in [0.5, 0.6) is 0 Å². The van der Waals surface area contributed by atoms with Crippen molar-refractivity contribution in [2.45, 2.75) is 63.4 Å². The number of benzene rings is 1. The summed E-state index contributed by atoms with van der Waals surface area (Å²) in [6, 6.07) is 12.2. The number of carbonyl (C=O) groups is 1. The third-order valence-electron chi connectivity index (χ3n) is 10.2. The quantitative estimate of drug-likeness (QED) is 0.531. The van der Waals surface area contributed by atoms with Gasteiger partial charge in [-0.25, -0.2) is 0 Å². The summed E-state index contributed by atoms with van der Waals surface area (Å²) in [7, 11) is 0. The van der Waals surface area contributed by atoms with Gasteiger partial charge in [-0.2, -0.15) is 0 Å². The lowest BCUT2D eigenvalue weighted by molar-refractivity contribution is -0.118. The minimum Gasteiger partial charge on any atom is -0.464 e. The van der Waals surface area contributed by atoms with Gasteiger partial charge in [-0.15, -0.1) is 0 Å². The van der Waals surface area contributed by atoms with E-state index in [1.807, 2.05) is 24.3 Å². The second-order valence-corrected chi connectivity index (χ2v) is 11.6. The first-order chi connectivity index (χ1) is 16.9. The maximum atomic E-state index is 13.2. The van der Waals surface area contributed by atoms with Crippen LogP contribution in [-0.2, 0) is 4.79 Å². The number of rotatable bonds is 4. The first kappa shape index (κ1) is 23.0. The maximum absolute atomic E-state index is 13.2. The smallest absolute Gasteiger partial charge is 0.163 e. The summed E-state index contributed by atoms with van der Waals surface area (Å²) >= 11 is 0. The van der Waals surface area contributed by atoms with E-state index in [2.05, 4.69) is 31.2 Å². The van der Waals surface area contributed by atoms with Gasteiger partial charge in [-0.05, 0) is 92.4 Å². The lowest BCUT2D eigenvalue weighted by Crippen LogP contribution is -2.52. The molecule has 2 N–H and O–H groups in total. The molecule has 4 aliphatic rings. The van der Waals surface area contributed by atoms with Crippen molar-refractivity contribution in [3.63, 3.8) is 0 Å². The second kappa shape index (κ2) is 8.60. The summed E-state index contributed by atoms with van der Waals surface area (Å²) in [4.78, 5) is 13.2. The molecule has 4 aliphatic carbocycles. The molecule has 6 rings (SSSR count). The molecular weight excluding hydrogens is 436 g/mol. The van der Waals surface area contributed by atoms with Gasteiger partial charge in [0.25, 0.3) is 0 Å². The number of aliphatic hydroxyl groups is 2. The van der Waals surface area contributed by atoms with Crippen LogP contribution in [0.4, 0.5) is 0 Å². The zero-order valence-electron chi connectivity index (χ0n) is 20.5. The Morgan fingerprint density at radius 1 is 1.09 bits per heavy atom. The van der Waals surface area contributed by atoms with E-state index in [0.29, 0.717) is 23.7 Å². The van der Waals surface area contributed by atoms with Gasteiger partial charge < -0.3 is 14.6 Å². The summed E-state index contributed by atoms with van der Waals surface area (Å²) in [5.41, 5.74) is 2.56. The molecule has 4 nitrogen and oxygen atoms in total. The Kier molecular flexibility index (Phi) is 5.65. The molecule has 1 unspecified atom stereocenters. The van der Waals surface area contributed by atoms with Crippen molar-refractivity contribution in [2.75, 3.05) is 6.61 Å². The fourth-order valence-corrected chi connectivity index (χ4v) is 8.38. The van der Waals surface area contributed by atoms with Crippen molar-refractivity contribution in [2.24, 2.45) is 29.1 Å². The van der Waals surface area contributed by atoms with Gasteiger partial charge in [0.1, 0.15) is 5.76 Å².